The van der Waals surface area contributed by atoms with Gasteiger partial charge >= 0.3 is 0 Å². The van der Waals surface area contributed by atoms with E-state index < -0.39 is 0 Å². The summed E-state index contributed by atoms with van der Waals surface area (Å²) in [6.07, 6.45) is 2.99. The van der Waals surface area contributed by atoms with E-state index in [1.807, 2.05) is 0 Å². The van der Waals surface area contributed by atoms with Crippen molar-refractivity contribution < 1.29 is 14.2 Å². The van der Waals surface area contributed by atoms with Gasteiger partial charge in [-0.05, 0) is 54.2 Å². The third-order valence-electron chi connectivity index (χ3n) is 3.93. The van der Waals surface area contributed by atoms with Crippen LogP contribution in [-0.2, 0) is 11.2 Å². The Labute approximate surface area is 123 Å². The molecule has 6 heteroatoms. The molecule has 1 fully saturated rings. The largest absolute Gasteiger partial charge is 0.493 e. The summed E-state index contributed by atoms with van der Waals surface area (Å²) in [5.74, 6) is 2.03. The second kappa shape index (κ2) is 5.46. The molecule has 0 bridgehead atoms. The van der Waals surface area contributed by atoms with Crippen LogP contribution in [-0.4, -0.2) is 25.6 Å². The van der Waals surface area contributed by atoms with Crippen molar-refractivity contribution in [3.8, 4) is 11.5 Å². The predicted molar refractivity (Wildman–Crippen MR) is 79.0 cm³/mol. The number of hydrogen-bond acceptors (Lipinski definition) is 5. The molecule has 2 aliphatic rings. The molecule has 1 heterocycles. The van der Waals surface area contributed by atoms with E-state index >= 15 is 0 Å². The zero-order chi connectivity index (χ0) is 14.1. The van der Waals surface area contributed by atoms with Gasteiger partial charge in [-0.1, -0.05) is 0 Å². The first-order chi connectivity index (χ1) is 9.71. The minimum Gasteiger partial charge on any atom is -0.493 e. The molecule has 5 nitrogen and oxygen atoms in total. The van der Waals surface area contributed by atoms with E-state index in [0.717, 1.165) is 30.8 Å². The molecule has 108 valence electrons. The number of hydrazine groups is 1. The Kier molecular flexibility index (Phi) is 3.67. The molecule has 1 aromatic rings. The topological polar surface area (TPSA) is 51.8 Å². The SMILES string of the molecule is COc1cc2c(cc1OC)C(CC1NNC(=S)O1)CC2. The molecule has 2 atom stereocenters. The first-order valence-electron chi connectivity index (χ1n) is 6.68. The fraction of sp³-hybridized carbons (Fsp3) is 0.500. The zero-order valence-electron chi connectivity index (χ0n) is 11.6. The molecule has 20 heavy (non-hydrogen) atoms. The van der Waals surface area contributed by atoms with E-state index in [9.17, 15) is 0 Å². The lowest BCUT2D eigenvalue weighted by Gasteiger charge is -2.17. The number of hydrogen-bond donors (Lipinski definition) is 2. The minimum atomic E-state index is -0.0634. The first-order valence-corrected chi connectivity index (χ1v) is 7.09. The zero-order valence-corrected chi connectivity index (χ0v) is 12.4. The number of rotatable bonds is 4. The van der Waals surface area contributed by atoms with E-state index in [1.165, 1.54) is 11.1 Å². The Hall–Kier alpha value is -1.53. The number of aryl methyl sites for hydroxylation is 1. The second-order valence-electron chi connectivity index (χ2n) is 5.04. The number of methoxy groups -OCH3 is 2. The van der Waals surface area contributed by atoms with Gasteiger partial charge in [0.2, 0.25) is 0 Å². The molecular formula is C14H18N2O3S. The van der Waals surface area contributed by atoms with Crippen LogP contribution in [0.1, 0.15) is 29.9 Å². The molecule has 3 rings (SSSR count). The number of fused-ring (bicyclic) bond motifs is 1. The van der Waals surface area contributed by atoms with Crippen molar-refractivity contribution in [2.24, 2.45) is 0 Å². The maximum atomic E-state index is 5.49. The van der Waals surface area contributed by atoms with Crippen molar-refractivity contribution in [3.05, 3.63) is 23.3 Å². The van der Waals surface area contributed by atoms with Gasteiger partial charge in [-0.2, -0.15) is 5.43 Å². The molecule has 0 radical (unpaired) electrons. The van der Waals surface area contributed by atoms with Gasteiger partial charge < -0.3 is 14.2 Å². The smallest absolute Gasteiger partial charge is 0.273 e. The third-order valence-corrected chi connectivity index (χ3v) is 4.13. The van der Waals surface area contributed by atoms with Crippen LogP contribution in [0.4, 0.5) is 0 Å². The highest BCUT2D eigenvalue weighted by Gasteiger charge is 2.30. The van der Waals surface area contributed by atoms with Gasteiger partial charge in [-0.15, -0.1) is 0 Å². The quantitative estimate of drug-likeness (QED) is 0.827. The first kappa shape index (κ1) is 13.5. The summed E-state index contributed by atoms with van der Waals surface area (Å²) < 4.78 is 16.2. The van der Waals surface area contributed by atoms with Crippen molar-refractivity contribution in [2.75, 3.05) is 14.2 Å². The van der Waals surface area contributed by atoms with Gasteiger partial charge in [0.25, 0.3) is 5.17 Å². The fourth-order valence-electron chi connectivity index (χ4n) is 2.96. The average molecular weight is 294 g/mol. The molecule has 0 amide bonds. The summed E-state index contributed by atoms with van der Waals surface area (Å²) in [5, 5.41) is 0.417. The van der Waals surface area contributed by atoms with E-state index in [0.29, 0.717) is 11.1 Å². The Morgan fingerprint density at radius 3 is 2.70 bits per heavy atom. The molecule has 1 aliphatic heterocycles. The van der Waals surface area contributed by atoms with Crippen molar-refractivity contribution in [3.63, 3.8) is 0 Å². The van der Waals surface area contributed by atoms with Crippen LogP contribution >= 0.6 is 12.2 Å². The van der Waals surface area contributed by atoms with E-state index in [4.69, 9.17) is 26.4 Å². The van der Waals surface area contributed by atoms with Crippen LogP contribution in [0.5, 0.6) is 11.5 Å². The Morgan fingerprint density at radius 2 is 2.05 bits per heavy atom. The minimum absolute atomic E-state index is 0.0634. The molecule has 1 aliphatic carbocycles. The van der Waals surface area contributed by atoms with Crippen molar-refractivity contribution in [2.45, 2.75) is 31.4 Å². The monoisotopic (exact) mass is 294 g/mol. The Bertz CT molecular complexity index is 535. The average Bonchev–Trinajstić information content (AvgIpc) is 3.04. The van der Waals surface area contributed by atoms with Gasteiger partial charge in [0, 0.05) is 6.42 Å². The fourth-order valence-corrected chi connectivity index (χ4v) is 3.13. The molecule has 1 saturated heterocycles. The number of benzene rings is 1. The van der Waals surface area contributed by atoms with Gasteiger partial charge in [-0.25, -0.2) is 0 Å². The van der Waals surface area contributed by atoms with Crippen LogP contribution in [0.3, 0.4) is 0 Å². The second-order valence-corrected chi connectivity index (χ2v) is 5.41. The normalized spacial score (nSPS) is 24.0. The van der Waals surface area contributed by atoms with Crippen molar-refractivity contribution in [1.29, 1.82) is 0 Å². The summed E-state index contributed by atoms with van der Waals surface area (Å²) in [6.45, 7) is 0. The lowest BCUT2D eigenvalue weighted by molar-refractivity contribution is 0.176. The van der Waals surface area contributed by atoms with Crippen molar-refractivity contribution >= 4 is 17.4 Å². The summed E-state index contributed by atoms with van der Waals surface area (Å²) >= 11 is 4.95. The maximum absolute atomic E-state index is 5.49. The molecule has 0 spiro atoms. The Balaban J connectivity index is 1.80. The van der Waals surface area contributed by atoms with E-state index in [2.05, 4.69) is 23.0 Å². The third kappa shape index (κ3) is 2.41. The van der Waals surface area contributed by atoms with E-state index in [-0.39, 0.29) is 6.23 Å². The summed E-state index contributed by atoms with van der Waals surface area (Å²) in [4.78, 5) is 0. The highest BCUT2D eigenvalue weighted by molar-refractivity contribution is 7.80. The van der Waals surface area contributed by atoms with Crippen LogP contribution < -0.4 is 20.3 Å². The predicted octanol–water partition coefficient (Wildman–Crippen LogP) is 1.86. The highest BCUT2D eigenvalue weighted by Crippen LogP contribution is 2.42. The maximum Gasteiger partial charge on any atom is 0.273 e. The standard InChI is InChI=1S/C14H18N2O3S/c1-17-11-5-8-3-4-9(10(8)7-12(11)18-2)6-13-15-16-14(20)19-13/h5,7,9,13,15H,3-4,6H2,1-2H3,(H,16,20). The number of nitrogens with one attached hydrogen (secondary N) is 2. The molecule has 1 aromatic carbocycles. The van der Waals surface area contributed by atoms with Crippen LogP contribution in [0.2, 0.25) is 0 Å². The van der Waals surface area contributed by atoms with Gasteiger partial charge in [0.1, 0.15) is 0 Å². The molecular weight excluding hydrogens is 276 g/mol. The number of ether oxygens (including phenoxy) is 3. The van der Waals surface area contributed by atoms with Crippen LogP contribution in [0.25, 0.3) is 0 Å². The van der Waals surface area contributed by atoms with Gasteiger partial charge in [0.05, 0.1) is 14.2 Å². The van der Waals surface area contributed by atoms with Crippen LogP contribution in [0, 0.1) is 0 Å². The highest BCUT2D eigenvalue weighted by atomic mass is 32.1. The van der Waals surface area contributed by atoms with E-state index in [1.54, 1.807) is 14.2 Å². The summed E-state index contributed by atoms with van der Waals surface area (Å²) in [6, 6.07) is 4.17. The summed E-state index contributed by atoms with van der Waals surface area (Å²) in [7, 11) is 3.33. The van der Waals surface area contributed by atoms with Crippen LogP contribution in [0.15, 0.2) is 12.1 Å². The number of thiocarbonyl (C=S) groups is 1. The Morgan fingerprint density at radius 1 is 1.30 bits per heavy atom. The molecule has 2 N–H and O–H groups in total. The molecule has 2 unspecified atom stereocenters. The lowest BCUT2D eigenvalue weighted by atomic mass is 9.96. The van der Waals surface area contributed by atoms with Gasteiger partial charge in [0.15, 0.2) is 17.7 Å². The summed E-state index contributed by atoms with van der Waals surface area (Å²) in [5.41, 5.74) is 8.53. The molecule has 0 aromatic heterocycles. The lowest BCUT2D eigenvalue weighted by Crippen LogP contribution is -2.32. The molecule has 0 saturated carbocycles. The van der Waals surface area contributed by atoms with Crippen molar-refractivity contribution in [1.82, 2.24) is 10.9 Å². The van der Waals surface area contributed by atoms with Gasteiger partial charge in [-0.3, -0.25) is 5.43 Å².